The normalized spacial score (nSPS) is 19.2. The van der Waals surface area contributed by atoms with E-state index in [4.69, 9.17) is 5.73 Å². The van der Waals surface area contributed by atoms with E-state index in [9.17, 15) is 4.39 Å². The third-order valence-corrected chi connectivity index (χ3v) is 4.02. The lowest BCUT2D eigenvalue weighted by Crippen LogP contribution is -2.33. The van der Waals surface area contributed by atoms with E-state index < -0.39 is 0 Å². The topological polar surface area (TPSA) is 26.0 Å². The fourth-order valence-electron chi connectivity index (χ4n) is 2.84. The van der Waals surface area contributed by atoms with Crippen LogP contribution in [-0.4, -0.2) is 6.04 Å². The van der Waals surface area contributed by atoms with Crippen LogP contribution in [0.3, 0.4) is 0 Å². The minimum atomic E-state index is -0.151. The molecule has 1 aromatic carbocycles. The molecule has 0 saturated heterocycles. The van der Waals surface area contributed by atoms with Crippen molar-refractivity contribution < 1.29 is 4.39 Å². The van der Waals surface area contributed by atoms with Crippen LogP contribution in [0.15, 0.2) is 18.2 Å². The molecule has 1 nitrogen and oxygen atoms in total. The Morgan fingerprint density at radius 3 is 2.71 bits per heavy atom. The van der Waals surface area contributed by atoms with Crippen molar-refractivity contribution in [3.63, 3.8) is 0 Å². The van der Waals surface area contributed by atoms with Crippen LogP contribution in [0.1, 0.15) is 43.2 Å². The summed E-state index contributed by atoms with van der Waals surface area (Å²) in [6.45, 7) is 2.03. The Bertz CT molecular complexity index is 369. The van der Waals surface area contributed by atoms with Crippen LogP contribution in [0.4, 0.5) is 4.39 Å². The zero-order valence-electron chi connectivity index (χ0n) is 10.6. The third kappa shape index (κ3) is 3.29. The average Bonchev–Trinajstić information content (AvgIpc) is 2.35. The van der Waals surface area contributed by atoms with E-state index in [1.165, 1.54) is 38.2 Å². The number of aryl methyl sites for hydroxylation is 1. The van der Waals surface area contributed by atoms with Gasteiger partial charge in [-0.05, 0) is 55.4 Å². The molecule has 94 valence electrons. The average molecular weight is 235 g/mol. The van der Waals surface area contributed by atoms with E-state index in [0.717, 1.165) is 17.5 Å². The lowest BCUT2D eigenvalue weighted by atomic mass is 9.81. The molecule has 2 rings (SSSR count). The lowest BCUT2D eigenvalue weighted by Gasteiger charge is -2.27. The molecular weight excluding hydrogens is 213 g/mol. The molecule has 17 heavy (non-hydrogen) atoms. The first-order chi connectivity index (χ1) is 8.16. The van der Waals surface area contributed by atoms with E-state index in [1.807, 2.05) is 13.0 Å². The van der Waals surface area contributed by atoms with Crippen LogP contribution < -0.4 is 5.73 Å². The van der Waals surface area contributed by atoms with Crippen LogP contribution in [0.5, 0.6) is 0 Å². The molecule has 0 bridgehead atoms. The highest BCUT2D eigenvalue weighted by Crippen LogP contribution is 2.27. The number of halogens is 1. The molecule has 0 radical (unpaired) electrons. The van der Waals surface area contributed by atoms with Crippen molar-refractivity contribution in [1.82, 2.24) is 0 Å². The standard InChI is InChI=1S/C15H22FN/c1-11-7-8-14(16)9-13(11)10-15(17)12-5-3-2-4-6-12/h7-9,12,15H,2-6,10,17H2,1H3. The molecule has 0 aromatic heterocycles. The molecule has 1 aliphatic carbocycles. The summed E-state index contributed by atoms with van der Waals surface area (Å²) in [7, 11) is 0. The van der Waals surface area contributed by atoms with Gasteiger partial charge in [0.25, 0.3) is 0 Å². The third-order valence-electron chi connectivity index (χ3n) is 4.02. The van der Waals surface area contributed by atoms with Crippen molar-refractivity contribution in [2.75, 3.05) is 0 Å². The molecule has 1 atom stereocenters. The maximum Gasteiger partial charge on any atom is 0.123 e. The molecule has 2 N–H and O–H groups in total. The smallest absolute Gasteiger partial charge is 0.123 e. The van der Waals surface area contributed by atoms with Gasteiger partial charge < -0.3 is 5.73 Å². The molecule has 0 spiro atoms. The van der Waals surface area contributed by atoms with Gasteiger partial charge in [-0.2, -0.15) is 0 Å². The second-order valence-corrected chi connectivity index (χ2v) is 5.34. The van der Waals surface area contributed by atoms with Crippen LogP contribution in [-0.2, 0) is 6.42 Å². The van der Waals surface area contributed by atoms with Gasteiger partial charge in [-0.1, -0.05) is 25.3 Å². The van der Waals surface area contributed by atoms with Gasteiger partial charge in [-0.25, -0.2) is 4.39 Å². The SMILES string of the molecule is Cc1ccc(F)cc1CC(N)C1CCCCC1. The maximum atomic E-state index is 13.2. The number of rotatable bonds is 3. The predicted octanol–water partition coefficient (Wildman–Crippen LogP) is 3.58. The Kier molecular flexibility index (Phi) is 4.16. The van der Waals surface area contributed by atoms with Gasteiger partial charge in [0, 0.05) is 6.04 Å². The molecule has 0 aliphatic heterocycles. The van der Waals surface area contributed by atoms with Gasteiger partial charge >= 0.3 is 0 Å². The Morgan fingerprint density at radius 2 is 2.00 bits per heavy atom. The van der Waals surface area contributed by atoms with Gasteiger partial charge in [0.05, 0.1) is 0 Å². The first kappa shape index (κ1) is 12.6. The molecular formula is C15H22FN. The zero-order chi connectivity index (χ0) is 12.3. The number of hydrogen-bond donors (Lipinski definition) is 1. The fourth-order valence-corrected chi connectivity index (χ4v) is 2.84. The number of nitrogens with two attached hydrogens (primary N) is 1. The second kappa shape index (κ2) is 5.63. The van der Waals surface area contributed by atoms with E-state index in [1.54, 1.807) is 6.07 Å². The summed E-state index contributed by atoms with van der Waals surface area (Å²) in [5.74, 6) is 0.480. The Hall–Kier alpha value is -0.890. The predicted molar refractivity (Wildman–Crippen MR) is 69.4 cm³/mol. The highest BCUT2D eigenvalue weighted by Gasteiger charge is 2.21. The van der Waals surface area contributed by atoms with E-state index in [-0.39, 0.29) is 11.9 Å². The van der Waals surface area contributed by atoms with E-state index in [2.05, 4.69) is 0 Å². The van der Waals surface area contributed by atoms with Crippen LogP contribution >= 0.6 is 0 Å². The van der Waals surface area contributed by atoms with Gasteiger partial charge in [0.1, 0.15) is 5.82 Å². The minimum absolute atomic E-state index is 0.151. The van der Waals surface area contributed by atoms with Crippen molar-refractivity contribution in [1.29, 1.82) is 0 Å². The monoisotopic (exact) mass is 235 g/mol. The highest BCUT2D eigenvalue weighted by molar-refractivity contribution is 5.27. The molecule has 1 unspecified atom stereocenters. The summed E-state index contributed by atoms with van der Waals surface area (Å²) in [4.78, 5) is 0. The van der Waals surface area contributed by atoms with Gasteiger partial charge in [-0.3, -0.25) is 0 Å². The maximum absolute atomic E-state index is 13.2. The van der Waals surface area contributed by atoms with Crippen molar-refractivity contribution >= 4 is 0 Å². The molecule has 1 aromatic rings. The zero-order valence-corrected chi connectivity index (χ0v) is 10.6. The fraction of sp³-hybridized carbons (Fsp3) is 0.600. The first-order valence-electron chi connectivity index (χ1n) is 6.67. The summed E-state index contributed by atoms with van der Waals surface area (Å²) < 4.78 is 13.2. The van der Waals surface area contributed by atoms with E-state index >= 15 is 0 Å². The molecule has 0 heterocycles. The second-order valence-electron chi connectivity index (χ2n) is 5.34. The highest BCUT2D eigenvalue weighted by atomic mass is 19.1. The van der Waals surface area contributed by atoms with Crippen molar-refractivity contribution in [2.45, 2.75) is 51.5 Å². The molecule has 1 saturated carbocycles. The van der Waals surface area contributed by atoms with E-state index in [0.29, 0.717) is 5.92 Å². The van der Waals surface area contributed by atoms with Crippen molar-refractivity contribution in [2.24, 2.45) is 11.7 Å². The summed E-state index contributed by atoms with van der Waals surface area (Å²) in [6.07, 6.45) is 7.27. The van der Waals surface area contributed by atoms with Crippen LogP contribution in [0.25, 0.3) is 0 Å². The van der Waals surface area contributed by atoms with Gasteiger partial charge in [-0.15, -0.1) is 0 Å². The van der Waals surface area contributed by atoms with Gasteiger partial charge in [0.2, 0.25) is 0 Å². The molecule has 1 fully saturated rings. The summed E-state index contributed by atoms with van der Waals surface area (Å²) >= 11 is 0. The number of hydrogen-bond acceptors (Lipinski definition) is 1. The largest absolute Gasteiger partial charge is 0.327 e. The summed E-state index contributed by atoms with van der Waals surface area (Å²) in [6, 6.07) is 5.19. The Morgan fingerprint density at radius 1 is 1.29 bits per heavy atom. The van der Waals surface area contributed by atoms with Gasteiger partial charge in [0.15, 0.2) is 0 Å². The van der Waals surface area contributed by atoms with Crippen molar-refractivity contribution in [3.8, 4) is 0 Å². The quantitative estimate of drug-likeness (QED) is 0.851. The Labute approximate surface area is 103 Å². The number of benzene rings is 1. The van der Waals surface area contributed by atoms with Crippen molar-refractivity contribution in [3.05, 3.63) is 35.1 Å². The minimum Gasteiger partial charge on any atom is -0.327 e. The van der Waals surface area contributed by atoms with Crippen LogP contribution in [0, 0.1) is 18.7 Å². The Balaban J connectivity index is 2.01. The first-order valence-corrected chi connectivity index (χ1v) is 6.67. The van der Waals surface area contributed by atoms with Crippen LogP contribution in [0.2, 0.25) is 0 Å². The molecule has 0 amide bonds. The summed E-state index contributed by atoms with van der Waals surface area (Å²) in [5, 5.41) is 0. The molecule has 2 heteroatoms. The molecule has 1 aliphatic rings. The lowest BCUT2D eigenvalue weighted by molar-refractivity contribution is 0.303. The summed E-state index contributed by atoms with van der Waals surface area (Å²) in [5.41, 5.74) is 8.50.